The zero-order valence-electron chi connectivity index (χ0n) is 8.97. The maximum absolute atomic E-state index is 10.5. The lowest BCUT2D eigenvalue weighted by Crippen LogP contribution is -1.99. The number of nitrogens with zero attached hydrogens (tertiary/aromatic N) is 3. The van der Waals surface area contributed by atoms with Gasteiger partial charge in [0.05, 0.1) is 23.4 Å². The van der Waals surface area contributed by atoms with Crippen LogP contribution in [0.25, 0.3) is 10.6 Å². The lowest BCUT2D eigenvalue weighted by molar-refractivity contribution is -0.136. The highest BCUT2D eigenvalue weighted by atomic mass is 32.1. The zero-order chi connectivity index (χ0) is 11.7. The van der Waals surface area contributed by atoms with E-state index in [0.717, 1.165) is 16.3 Å². The fraction of sp³-hybridized carbons (Fsp3) is 0.300. The Balaban J connectivity index is 2.31. The Kier molecular flexibility index (Phi) is 2.74. The second-order valence-electron chi connectivity index (χ2n) is 3.52. The molecule has 84 valence electrons. The topological polar surface area (TPSA) is 68.0 Å². The van der Waals surface area contributed by atoms with Crippen LogP contribution < -0.4 is 0 Å². The number of hydrogen-bond donors (Lipinski definition) is 1. The zero-order valence-corrected chi connectivity index (χ0v) is 9.78. The molecule has 0 atom stereocenters. The van der Waals surface area contributed by atoms with Crippen LogP contribution in [0, 0.1) is 6.92 Å². The molecule has 0 spiro atoms. The van der Waals surface area contributed by atoms with Crippen LogP contribution in [0.1, 0.15) is 11.4 Å². The van der Waals surface area contributed by atoms with E-state index in [4.69, 9.17) is 5.11 Å². The second-order valence-corrected chi connectivity index (χ2v) is 4.37. The van der Waals surface area contributed by atoms with Gasteiger partial charge in [0.25, 0.3) is 0 Å². The summed E-state index contributed by atoms with van der Waals surface area (Å²) in [5.74, 6) is -0.861. The third-order valence-electron chi connectivity index (χ3n) is 2.13. The van der Waals surface area contributed by atoms with Crippen LogP contribution in [0.2, 0.25) is 0 Å². The van der Waals surface area contributed by atoms with Crippen LogP contribution in [0.5, 0.6) is 0 Å². The van der Waals surface area contributed by atoms with Crippen molar-refractivity contribution >= 4 is 17.3 Å². The van der Waals surface area contributed by atoms with Crippen LogP contribution in [0.4, 0.5) is 0 Å². The summed E-state index contributed by atoms with van der Waals surface area (Å²) in [4.78, 5) is 14.8. The van der Waals surface area contributed by atoms with Gasteiger partial charge in [-0.05, 0) is 6.92 Å². The fourth-order valence-corrected chi connectivity index (χ4v) is 2.36. The van der Waals surface area contributed by atoms with Gasteiger partial charge in [-0.25, -0.2) is 4.98 Å². The lowest BCUT2D eigenvalue weighted by Gasteiger charge is -1.91. The molecule has 0 saturated carbocycles. The van der Waals surface area contributed by atoms with Gasteiger partial charge in [0.2, 0.25) is 0 Å². The van der Waals surface area contributed by atoms with Crippen molar-refractivity contribution in [2.75, 3.05) is 0 Å². The largest absolute Gasteiger partial charge is 0.481 e. The molecule has 2 aromatic heterocycles. The van der Waals surface area contributed by atoms with Gasteiger partial charge >= 0.3 is 5.97 Å². The van der Waals surface area contributed by atoms with Crippen molar-refractivity contribution in [3.63, 3.8) is 0 Å². The number of thiazole rings is 1. The molecule has 6 heteroatoms. The molecule has 0 aliphatic carbocycles. The molecule has 2 rings (SSSR count). The summed E-state index contributed by atoms with van der Waals surface area (Å²) in [5.41, 5.74) is 2.46. The average Bonchev–Trinajstić information content (AvgIpc) is 2.72. The van der Waals surface area contributed by atoms with Gasteiger partial charge in [0, 0.05) is 18.6 Å². The molecule has 0 aromatic carbocycles. The van der Waals surface area contributed by atoms with Crippen LogP contribution in [-0.2, 0) is 18.3 Å². The van der Waals surface area contributed by atoms with E-state index in [9.17, 15) is 4.79 Å². The Morgan fingerprint density at radius 3 is 2.94 bits per heavy atom. The molecule has 2 aromatic rings. The van der Waals surface area contributed by atoms with E-state index in [2.05, 4.69) is 10.1 Å². The highest BCUT2D eigenvalue weighted by Gasteiger charge is 2.11. The Morgan fingerprint density at radius 1 is 1.62 bits per heavy atom. The average molecular weight is 237 g/mol. The first kappa shape index (κ1) is 10.8. The van der Waals surface area contributed by atoms with E-state index in [0.29, 0.717) is 5.69 Å². The minimum absolute atomic E-state index is 0.0319. The standard InChI is InChI=1S/C10H11N3O2S/c1-6-8(4-13(2)12-6)10-11-7(5-16-10)3-9(14)15/h4-5H,3H2,1-2H3,(H,14,15). The Hall–Kier alpha value is -1.69. The van der Waals surface area contributed by atoms with Crippen molar-refractivity contribution in [1.82, 2.24) is 14.8 Å². The van der Waals surface area contributed by atoms with Gasteiger partial charge in [-0.1, -0.05) is 0 Å². The summed E-state index contributed by atoms with van der Waals surface area (Å²) in [6, 6.07) is 0. The quantitative estimate of drug-likeness (QED) is 0.878. The molecule has 0 amide bonds. The van der Waals surface area contributed by atoms with Crippen molar-refractivity contribution in [2.45, 2.75) is 13.3 Å². The molecule has 0 radical (unpaired) electrons. The Labute approximate surface area is 96.4 Å². The molecule has 0 aliphatic heterocycles. The van der Waals surface area contributed by atoms with E-state index in [1.165, 1.54) is 11.3 Å². The highest BCUT2D eigenvalue weighted by molar-refractivity contribution is 7.13. The molecule has 5 nitrogen and oxygen atoms in total. The van der Waals surface area contributed by atoms with Gasteiger partial charge in [-0.3, -0.25) is 9.48 Å². The summed E-state index contributed by atoms with van der Waals surface area (Å²) >= 11 is 1.44. The van der Waals surface area contributed by atoms with Gasteiger partial charge in [0.1, 0.15) is 5.01 Å². The molecule has 0 saturated heterocycles. The number of aromatic nitrogens is 3. The van der Waals surface area contributed by atoms with E-state index in [-0.39, 0.29) is 6.42 Å². The predicted octanol–water partition coefficient (Wildman–Crippen LogP) is 1.48. The SMILES string of the molecule is Cc1nn(C)cc1-c1nc(CC(=O)O)cs1. The van der Waals surface area contributed by atoms with E-state index in [1.807, 2.05) is 20.2 Å². The number of carboxylic acid groups (broad SMARTS) is 1. The fourth-order valence-electron chi connectivity index (χ4n) is 1.48. The first-order valence-corrected chi connectivity index (χ1v) is 5.61. The second kappa shape index (κ2) is 4.05. The summed E-state index contributed by atoms with van der Waals surface area (Å²) < 4.78 is 1.73. The Bertz CT molecular complexity index is 530. The normalized spacial score (nSPS) is 10.6. The summed E-state index contributed by atoms with van der Waals surface area (Å²) in [5, 5.41) is 15.5. The van der Waals surface area contributed by atoms with E-state index in [1.54, 1.807) is 10.1 Å². The number of rotatable bonds is 3. The number of hydrogen-bond acceptors (Lipinski definition) is 4. The summed E-state index contributed by atoms with van der Waals surface area (Å²) in [7, 11) is 1.85. The van der Waals surface area contributed by atoms with Crippen molar-refractivity contribution in [3.05, 3.63) is 23.0 Å². The van der Waals surface area contributed by atoms with E-state index < -0.39 is 5.97 Å². The van der Waals surface area contributed by atoms with Crippen molar-refractivity contribution in [1.29, 1.82) is 0 Å². The molecule has 0 bridgehead atoms. The minimum Gasteiger partial charge on any atom is -0.481 e. The smallest absolute Gasteiger partial charge is 0.309 e. The molecule has 1 N–H and O–H groups in total. The van der Waals surface area contributed by atoms with Crippen LogP contribution in [0.3, 0.4) is 0 Å². The number of aryl methyl sites for hydroxylation is 2. The third kappa shape index (κ3) is 2.11. The van der Waals surface area contributed by atoms with Gasteiger partial charge in [-0.15, -0.1) is 11.3 Å². The summed E-state index contributed by atoms with van der Waals surface area (Å²) in [6.45, 7) is 1.91. The van der Waals surface area contributed by atoms with Gasteiger partial charge in [-0.2, -0.15) is 5.10 Å². The first-order valence-electron chi connectivity index (χ1n) is 4.73. The maximum Gasteiger partial charge on any atom is 0.309 e. The third-order valence-corrected chi connectivity index (χ3v) is 3.05. The highest BCUT2D eigenvalue weighted by Crippen LogP contribution is 2.26. The maximum atomic E-state index is 10.5. The monoisotopic (exact) mass is 237 g/mol. The summed E-state index contributed by atoms with van der Waals surface area (Å²) in [6.07, 6.45) is 1.86. The lowest BCUT2D eigenvalue weighted by atomic mass is 10.3. The van der Waals surface area contributed by atoms with Crippen LogP contribution in [-0.4, -0.2) is 25.8 Å². The van der Waals surface area contributed by atoms with Gasteiger partial charge in [0.15, 0.2) is 0 Å². The predicted molar refractivity (Wildman–Crippen MR) is 60.4 cm³/mol. The molecule has 0 fully saturated rings. The Morgan fingerprint density at radius 2 is 2.38 bits per heavy atom. The van der Waals surface area contributed by atoms with Gasteiger partial charge < -0.3 is 5.11 Å². The molecule has 0 unspecified atom stereocenters. The van der Waals surface area contributed by atoms with Crippen molar-refractivity contribution < 1.29 is 9.90 Å². The van der Waals surface area contributed by atoms with Crippen LogP contribution >= 0.6 is 11.3 Å². The molecule has 16 heavy (non-hydrogen) atoms. The number of carboxylic acids is 1. The first-order chi connectivity index (χ1) is 7.56. The molecule has 0 aliphatic rings. The molecule has 2 heterocycles. The van der Waals surface area contributed by atoms with Crippen LogP contribution in [0.15, 0.2) is 11.6 Å². The molecular formula is C10H11N3O2S. The van der Waals surface area contributed by atoms with E-state index >= 15 is 0 Å². The number of aliphatic carboxylic acids is 1. The number of carbonyl (C=O) groups is 1. The van der Waals surface area contributed by atoms with Crippen molar-refractivity contribution in [2.24, 2.45) is 7.05 Å². The molecular weight excluding hydrogens is 226 g/mol. The minimum atomic E-state index is -0.861. The van der Waals surface area contributed by atoms with Crippen molar-refractivity contribution in [3.8, 4) is 10.6 Å².